The van der Waals surface area contributed by atoms with Crippen LogP contribution < -0.4 is 0 Å². The van der Waals surface area contributed by atoms with Gasteiger partial charge in [0.05, 0.1) is 5.92 Å². The molecule has 1 fully saturated rings. The summed E-state index contributed by atoms with van der Waals surface area (Å²) in [6, 6.07) is 7.81. The van der Waals surface area contributed by atoms with Crippen LogP contribution in [-0.4, -0.2) is 11.9 Å². The molecule has 16 heavy (non-hydrogen) atoms. The van der Waals surface area contributed by atoms with Gasteiger partial charge in [0.1, 0.15) is 0 Å². The molecule has 1 aliphatic rings. The molecule has 0 saturated carbocycles. The smallest absolute Gasteiger partial charge is 0.316 e. The third kappa shape index (κ3) is 2.70. The molecule has 1 unspecified atom stereocenters. The summed E-state index contributed by atoms with van der Waals surface area (Å²) in [7, 11) is 0. The SMILES string of the molecule is O=C1CCC(Cc2cccc(Br)c2)C(=O)O1. The van der Waals surface area contributed by atoms with Crippen LogP contribution >= 0.6 is 15.9 Å². The Kier molecular flexibility index (Phi) is 3.39. The van der Waals surface area contributed by atoms with Crippen molar-refractivity contribution < 1.29 is 14.3 Å². The highest BCUT2D eigenvalue weighted by molar-refractivity contribution is 9.10. The molecule has 3 nitrogen and oxygen atoms in total. The second kappa shape index (κ2) is 4.78. The zero-order valence-corrected chi connectivity index (χ0v) is 10.2. The van der Waals surface area contributed by atoms with Gasteiger partial charge in [0.15, 0.2) is 0 Å². The van der Waals surface area contributed by atoms with Gasteiger partial charge >= 0.3 is 11.9 Å². The van der Waals surface area contributed by atoms with Gasteiger partial charge in [0, 0.05) is 10.9 Å². The van der Waals surface area contributed by atoms with Crippen LogP contribution in [-0.2, 0) is 20.7 Å². The van der Waals surface area contributed by atoms with E-state index in [0.717, 1.165) is 10.0 Å². The molecule has 2 rings (SSSR count). The Hall–Kier alpha value is -1.16. The van der Waals surface area contributed by atoms with Crippen molar-refractivity contribution in [3.05, 3.63) is 34.3 Å². The van der Waals surface area contributed by atoms with Crippen molar-refractivity contribution in [2.45, 2.75) is 19.3 Å². The molecule has 0 aliphatic carbocycles. The van der Waals surface area contributed by atoms with Crippen LogP contribution in [0, 0.1) is 5.92 Å². The summed E-state index contributed by atoms with van der Waals surface area (Å²) >= 11 is 3.38. The summed E-state index contributed by atoms with van der Waals surface area (Å²) in [5, 5.41) is 0. The van der Waals surface area contributed by atoms with Crippen molar-refractivity contribution in [2.75, 3.05) is 0 Å². The van der Waals surface area contributed by atoms with Gasteiger partial charge in [-0.25, -0.2) is 0 Å². The highest BCUT2D eigenvalue weighted by atomic mass is 79.9. The van der Waals surface area contributed by atoms with Gasteiger partial charge in [-0.05, 0) is 30.5 Å². The van der Waals surface area contributed by atoms with E-state index in [4.69, 9.17) is 0 Å². The quantitative estimate of drug-likeness (QED) is 0.618. The lowest BCUT2D eigenvalue weighted by atomic mass is 9.93. The number of carbonyl (C=O) groups excluding carboxylic acids is 2. The Labute approximate surface area is 102 Å². The van der Waals surface area contributed by atoms with E-state index in [2.05, 4.69) is 20.7 Å². The molecular weight excluding hydrogens is 272 g/mol. The van der Waals surface area contributed by atoms with E-state index in [-0.39, 0.29) is 5.92 Å². The second-order valence-electron chi connectivity index (χ2n) is 3.86. The van der Waals surface area contributed by atoms with Crippen molar-refractivity contribution in [3.8, 4) is 0 Å². The summed E-state index contributed by atoms with van der Waals surface area (Å²) in [5.41, 5.74) is 1.07. The fraction of sp³-hybridized carbons (Fsp3) is 0.333. The third-order valence-corrected chi connectivity index (χ3v) is 3.11. The number of esters is 2. The first kappa shape index (κ1) is 11.3. The zero-order valence-electron chi connectivity index (χ0n) is 8.61. The molecule has 1 aromatic carbocycles. The Balaban J connectivity index is 2.05. The van der Waals surface area contributed by atoms with Crippen molar-refractivity contribution >= 4 is 27.9 Å². The van der Waals surface area contributed by atoms with Crippen molar-refractivity contribution in [3.63, 3.8) is 0 Å². The minimum absolute atomic E-state index is 0.188. The maximum absolute atomic E-state index is 11.4. The van der Waals surface area contributed by atoms with Crippen molar-refractivity contribution in [2.24, 2.45) is 5.92 Å². The zero-order chi connectivity index (χ0) is 11.5. The normalized spacial score (nSPS) is 20.7. The van der Waals surface area contributed by atoms with Gasteiger partial charge in [0.2, 0.25) is 0 Å². The number of hydrogen-bond donors (Lipinski definition) is 0. The highest BCUT2D eigenvalue weighted by Crippen LogP contribution is 2.22. The minimum atomic E-state index is -0.407. The first-order valence-electron chi connectivity index (χ1n) is 5.14. The molecule has 1 aromatic rings. The number of hydrogen-bond acceptors (Lipinski definition) is 3. The molecular formula is C12H11BrO3. The maximum atomic E-state index is 11.4. The van der Waals surface area contributed by atoms with E-state index in [1.165, 1.54) is 0 Å². The van der Waals surface area contributed by atoms with Gasteiger partial charge in [0.25, 0.3) is 0 Å². The fourth-order valence-corrected chi connectivity index (χ4v) is 2.24. The third-order valence-electron chi connectivity index (χ3n) is 2.62. The van der Waals surface area contributed by atoms with Crippen LogP contribution in [0.5, 0.6) is 0 Å². The molecule has 0 N–H and O–H groups in total. The topological polar surface area (TPSA) is 43.4 Å². The first-order valence-corrected chi connectivity index (χ1v) is 5.93. The predicted molar refractivity (Wildman–Crippen MR) is 61.7 cm³/mol. The second-order valence-corrected chi connectivity index (χ2v) is 4.78. The van der Waals surface area contributed by atoms with Gasteiger partial charge in [-0.1, -0.05) is 28.1 Å². The summed E-state index contributed by atoms with van der Waals surface area (Å²) in [6.07, 6.45) is 1.56. The number of cyclic esters (lactones) is 2. The molecule has 0 amide bonds. The van der Waals surface area contributed by atoms with E-state index in [9.17, 15) is 9.59 Å². The average molecular weight is 283 g/mol. The van der Waals surface area contributed by atoms with Crippen molar-refractivity contribution in [1.29, 1.82) is 0 Å². The van der Waals surface area contributed by atoms with Crippen LogP contribution in [0.4, 0.5) is 0 Å². The Morgan fingerprint density at radius 3 is 2.88 bits per heavy atom. The standard InChI is InChI=1S/C12H11BrO3/c13-10-3-1-2-8(7-10)6-9-4-5-11(14)16-12(9)15/h1-3,7,9H,4-6H2. The molecule has 84 valence electrons. The summed E-state index contributed by atoms with van der Waals surface area (Å²) in [4.78, 5) is 22.3. The number of halogens is 1. The van der Waals surface area contributed by atoms with Crippen LogP contribution in [0.2, 0.25) is 0 Å². The van der Waals surface area contributed by atoms with Crippen LogP contribution in [0.3, 0.4) is 0 Å². The molecule has 0 bridgehead atoms. The highest BCUT2D eigenvalue weighted by Gasteiger charge is 2.28. The van der Waals surface area contributed by atoms with E-state index >= 15 is 0 Å². The van der Waals surface area contributed by atoms with Crippen LogP contribution in [0.25, 0.3) is 0 Å². The molecule has 0 aromatic heterocycles. The number of rotatable bonds is 2. The van der Waals surface area contributed by atoms with E-state index in [1.807, 2.05) is 24.3 Å². The average Bonchev–Trinajstić information content (AvgIpc) is 2.22. The molecule has 1 heterocycles. The van der Waals surface area contributed by atoms with Gasteiger partial charge in [-0.3, -0.25) is 9.59 Å². The lowest BCUT2D eigenvalue weighted by Gasteiger charge is -2.19. The molecule has 4 heteroatoms. The van der Waals surface area contributed by atoms with E-state index in [0.29, 0.717) is 19.3 Å². The van der Waals surface area contributed by atoms with E-state index in [1.54, 1.807) is 0 Å². The molecule has 1 atom stereocenters. The molecule has 1 aliphatic heterocycles. The van der Waals surface area contributed by atoms with Gasteiger partial charge in [-0.15, -0.1) is 0 Å². The summed E-state index contributed by atoms with van der Waals surface area (Å²) < 4.78 is 5.60. The Bertz CT molecular complexity index is 428. The largest absolute Gasteiger partial charge is 0.393 e. The Morgan fingerprint density at radius 2 is 2.19 bits per heavy atom. The summed E-state index contributed by atoms with van der Waals surface area (Å²) in [6.45, 7) is 0. The number of benzene rings is 1. The minimum Gasteiger partial charge on any atom is -0.393 e. The monoisotopic (exact) mass is 282 g/mol. The predicted octanol–water partition coefficient (Wildman–Crippen LogP) is 2.47. The lowest BCUT2D eigenvalue weighted by Crippen LogP contribution is -2.29. The Morgan fingerprint density at radius 1 is 1.38 bits per heavy atom. The first-order chi connectivity index (χ1) is 7.65. The molecule has 0 spiro atoms. The maximum Gasteiger partial charge on any atom is 0.316 e. The van der Waals surface area contributed by atoms with E-state index < -0.39 is 11.9 Å². The summed E-state index contributed by atoms with van der Waals surface area (Å²) in [5.74, 6) is -0.987. The number of carbonyl (C=O) groups is 2. The molecule has 0 radical (unpaired) electrons. The number of ether oxygens (including phenoxy) is 1. The fourth-order valence-electron chi connectivity index (χ4n) is 1.79. The van der Waals surface area contributed by atoms with Crippen LogP contribution in [0.1, 0.15) is 18.4 Å². The van der Waals surface area contributed by atoms with Crippen LogP contribution in [0.15, 0.2) is 28.7 Å². The molecule has 1 saturated heterocycles. The van der Waals surface area contributed by atoms with Crippen molar-refractivity contribution in [1.82, 2.24) is 0 Å². The lowest BCUT2D eigenvalue weighted by molar-refractivity contribution is -0.167. The van der Waals surface area contributed by atoms with Gasteiger partial charge in [-0.2, -0.15) is 0 Å². The van der Waals surface area contributed by atoms with Gasteiger partial charge < -0.3 is 4.74 Å².